The highest BCUT2D eigenvalue weighted by atomic mass is 32.1. The van der Waals surface area contributed by atoms with Crippen LogP contribution >= 0.6 is 11.3 Å². The van der Waals surface area contributed by atoms with Crippen molar-refractivity contribution in [2.75, 3.05) is 0 Å². The molecule has 0 aliphatic carbocycles. The van der Waals surface area contributed by atoms with Crippen LogP contribution in [0, 0.1) is 12.7 Å². The van der Waals surface area contributed by atoms with Gasteiger partial charge in [0.2, 0.25) is 0 Å². The van der Waals surface area contributed by atoms with Gasteiger partial charge in [-0.25, -0.2) is 9.18 Å². The zero-order valence-corrected chi connectivity index (χ0v) is 14.4. The number of carboxylic acids is 1. The molecule has 25 heavy (non-hydrogen) atoms. The average Bonchev–Trinajstić information content (AvgIpc) is 2.91. The number of rotatable bonds is 3. The molecule has 3 aromatic rings. The topological polar surface area (TPSA) is 71.7 Å². The summed E-state index contributed by atoms with van der Waals surface area (Å²) in [6.07, 6.45) is 0. The number of aromatic nitrogens is 1. The van der Waals surface area contributed by atoms with Gasteiger partial charge in [-0.1, -0.05) is 29.0 Å². The Balaban J connectivity index is 2.20. The van der Waals surface area contributed by atoms with Gasteiger partial charge >= 0.3 is 5.97 Å². The van der Waals surface area contributed by atoms with Crippen molar-refractivity contribution in [3.8, 4) is 0 Å². The van der Waals surface area contributed by atoms with Crippen LogP contribution in [0.3, 0.4) is 0 Å². The molecule has 128 valence electrons. The summed E-state index contributed by atoms with van der Waals surface area (Å²) in [7, 11) is 0. The quantitative estimate of drug-likeness (QED) is 0.778. The standard InChI is InChI=1S/C18H15FN2O3S/c1-10-3-5-12(6-4-10)16(22)20-18-21(11(2)17(23)24)14-9-13(19)7-8-15(14)25-18/h3-9,11H,1-2H3,(H,23,24). The van der Waals surface area contributed by atoms with E-state index in [9.17, 15) is 19.1 Å². The lowest BCUT2D eigenvalue weighted by atomic mass is 10.1. The molecule has 1 aromatic heterocycles. The summed E-state index contributed by atoms with van der Waals surface area (Å²) in [6, 6.07) is 10.0. The monoisotopic (exact) mass is 358 g/mol. The molecule has 1 unspecified atom stereocenters. The molecule has 0 spiro atoms. The second-order valence-electron chi connectivity index (χ2n) is 5.66. The average molecular weight is 358 g/mol. The van der Waals surface area contributed by atoms with Gasteiger partial charge in [-0.3, -0.25) is 4.79 Å². The van der Waals surface area contributed by atoms with Gasteiger partial charge in [-0.2, -0.15) is 4.99 Å². The lowest BCUT2D eigenvalue weighted by molar-refractivity contribution is -0.140. The van der Waals surface area contributed by atoms with E-state index < -0.39 is 23.7 Å². The molecule has 5 nitrogen and oxygen atoms in total. The minimum Gasteiger partial charge on any atom is -0.480 e. The number of fused-ring (bicyclic) bond motifs is 1. The van der Waals surface area contributed by atoms with Crippen LogP contribution in [0.25, 0.3) is 10.2 Å². The van der Waals surface area contributed by atoms with Gasteiger partial charge in [0.05, 0.1) is 10.2 Å². The molecule has 2 aromatic carbocycles. The molecule has 0 aliphatic heterocycles. The Kier molecular flexibility index (Phi) is 4.50. The highest BCUT2D eigenvalue weighted by molar-refractivity contribution is 7.16. The third-order valence-electron chi connectivity index (χ3n) is 3.83. The van der Waals surface area contributed by atoms with Crippen molar-refractivity contribution in [3.63, 3.8) is 0 Å². The van der Waals surface area contributed by atoms with Crippen LogP contribution in [0.15, 0.2) is 47.5 Å². The van der Waals surface area contributed by atoms with E-state index >= 15 is 0 Å². The number of hydrogen-bond acceptors (Lipinski definition) is 3. The van der Waals surface area contributed by atoms with E-state index in [-0.39, 0.29) is 4.80 Å². The number of aliphatic carboxylic acids is 1. The Morgan fingerprint density at radius 2 is 1.88 bits per heavy atom. The molecule has 1 heterocycles. The Hall–Kier alpha value is -2.80. The van der Waals surface area contributed by atoms with Gasteiger partial charge in [-0.15, -0.1) is 0 Å². The van der Waals surface area contributed by atoms with Gasteiger partial charge in [0.25, 0.3) is 5.91 Å². The Bertz CT molecular complexity index is 1030. The van der Waals surface area contributed by atoms with Crippen LogP contribution in [0.5, 0.6) is 0 Å². The number of aryl methyl sites for hydroxylation is 1. The van der Waals surface area contributed by atoms with Gasteiger partial charge in [0.1, 0.15) is 11.9 Å². The molecule has 7 heteroatoms. The van der Waals surface area contributed by atoms with Gasteiger partial charge in [0.15, 0.2) is 4.80 Å². The fourth-order valence-electron chi connectivity index (χ4n) is 2.42. The summed E-state index contributed by atoms with van der Waals surface area (Å²) in [5.41, 5.74) is 1.82. The number of carbonyl (C=O) groups excluding carboxylic acids is 1. The zero-order valence-electron chi connectivity index (χ0n) is 13.6. The van der Waals surface area contributed by atoms with Crippen LogP contribution in [0.1, 0.15) is 28.9 Å². The molecule has 3 rings (SSSR count). The predicted octanol–water partition coefficient (Wildman–Crippen LogP) is 3.54. The molecule has 0 fully saturated rings. The molecule has 1 N–H and O–H groups in total. The van der Waals surface area contributed by atoms with Crippen LogP contribution in [-0.4, -0.2) is 21.6 Å². The molecular weight excluding hydrogens is 343 g/mol. The summed E-state index contributed by atoms with van der Waals surface area (Å²) < 4.78 is 15.6. The Labute approximate surface area is 146 Å². The van der Waals surface area contributed by atoms with E-state index in [4.69, 9.17) is 0 Å². The zero-order chi connectivity index (χ0) is 18.1. The molecule has 0 radical (unpaired) electrons. The number of halogens is 1. The number of thiazole rings is 1. The summed E-state index contributed by atoms with van der Waals surface area (Å²) in [4.78, 5) is 28.2. The van der Waals surface area contributed by atoms with Crippen molar-refractivity contribution >= 4 is 33.4 Å². The number of amides is 1. The van der Waals surface area contributed by atoms with E-state index in [1.54, 1.807) is 30.3 Å². The molecule has 0 aliphatic rings. The molecule has 1 amide bonds. The fraction of sp³-hybridized carbons (Fsp3) is 0.167. The van der Waals surface area contributed by atoms with Crippen molar-refractivity contribution in [1.82, 2.24) is 4.57 Å². The van der Waals surface area contributed by atoms with E-state index in [2.05, 4.69) is 4.99 Å². The first-order chi connectivity index (χ1) is 11.9. The van der Waals surface area contributed by atoms with Crippen molar-refractivity contribution in [2.45, 2.75) is 19.9 Å². The van der Waals surface area contributed by atoms with E-state index in [0.717, 1.165) is 16.9 Å². The lowest BCUT2D eigenvalue weighted by Crippen LogP contribution is -2.25. The van der Waals surface area contributed by atoms with Gasteiger partial charge in [0, 0.05) is 5.56 Å². The number of benzene rings is 2. The van der Waals surface area contributed by atoms with E-state index in [1.807, 2.05) is 6.92 Å². The molecule has 0 bridgehead atoms. The summed E-state index contributed by atoms with van der Waals surface area (Å²) in [6.45, 7) is 3.38. The summed E-state index contributed by atoms with van der Waals surface area (Å²) in [5.74, 6) is -2.04. The maximum atomic E-state index is 13.6. The summed E-state index contributed by atoms with van der Waals surface area (Å²) in [5, 5.41) is 9.35. The normalized spacial score (nSPS) is 13.2. The first-order valence-electron chi connectivity index (χ1n) is 7.56. The van der Waals surface area contributed by atoms with Crippen molar-refractivity contribution in [2.24, 2.45) is 4.99 Å². The number of hydrogen-bond donors (Lipinski definition) is 1. The summed E-state index contributed by atoms with van der Waals surface area (Å²) >= 11 is 1.15. The highest BCUT2D eigenvalue weighted by Crippen LogP contribution is 2.22. The second-order valence-corrected chi connectivity index (χ2v) is 6.67. The minimum atomic E-state index is -1.09. The number of carboxylic acid groups (broad SMARTS) is 1. The molecular formula is C18H15FN2O3S. The van der Waals surface area contributed by atoms with Crippen LogP contribution in [-0.2, 0) is 4.79 Å². The van der Waals surface area contributed by atoms with Crippen LogP contribution in [0.2, 0.25) is 0 Å². The molecule has 1 atom stereocenters. The SMILES string of the molecule is Cc1ccc(C(=O)N=c2sc3ccc(F)cc3n2C(C)C(=O)O)cc1. The third kappa shape index (κ3) is 3.36. The van der Waals surface area contributed by atoms with E-state index in [0.29, 0.717) is 15.8 Å². The van der Waals surface area contributed by atoms with Gasteiger partial charge < -0.3 is 9.67 Å². The highest BCUT2D eigenvalue weighted by Gasteiger charge is 2.19. The molecule has 0 saturated heterocycles. The Morgan fingerprint density at radius 3 is 2.52 bits per heavy atom. The third-order valence-corrected chi connectivity index (χ3v) is 4.86. The van der Waals surface area contributed by atoms with Crippen molar-refractivity contribution in [1.29, 1.82) is 0 Å². The predicted molar refractivity (Wildman–Crippen MR) is 93.2 cm³/mol. The van der Waals surface area contributed by atoms with Crippen molar-refractivity contribution < 1.29 is 19.1 Å². The van der Waals surface area contributed by atoms with Gasteiger partial charge in [-0.05, 0) is 44.2 Å². The second kappa shape index (κ2) is 6.60. The fourth-order valence-corrected chi connectivity index (χ4v) is 3.50. The first-order valence-corrected chi connectivity index (χ1v) is 8.37. The van der Waals surface area contributed by atoms with E-state index in [1.165, 1.54) is 23.6 Å². The smallest absolute Gasteiger partial charge is 0.326 e. The number of nitrogens with zero attached hydrogens (tertiary/aromatic N) is 2. The number of carbonyl (C=O) groups is 2. The van der Waals surface area contributed by atoms with Crippen LogP contribution in [0.4, 0.5) is 4.39 Å². The Morgan fingerprint density at radius 1 is 1.20 bits per heavy atom. The van der Waals surface area contributed by atoms with Crippen LogP contribution < -0.4 is 4.80 Å². The molecule has 0 saturated carbocycles. The maximum Gasteiger partial charge on any atom is 0.326 e. The minimum absolute atomic E-state index is 0.223. The lowest BCUT2D eigenvalue weighted by Gasteiger charge is -2.10. The maximum absolute atomic E-state index is 13.6. The largest absolute Gasteiger partial charge is 0.480 e. The van der Waals surface area contributed by atoms with Crippen molar-refractivity contribution in [3.05, 3.63) is 64.2 Å². The first kappa shape index (κ1) is 17.0.